The maximum Gasteiger partial charge on any atom is 0.341 e. The molecule has 3 rings (SSSR count). The van der Waals surface area contributed by atoms with E-state index in [-0.39, 0.29) is 12.5 Å². The lowest BCUT2D eigenvalue weighted by atomic mass is 9.94. The van der Waals surface area contributed by atoms with E-state index >= 15 is 0 Å². The number of rotatable bonds is 9. The number of methoxy groups -OCH3 is 1. The number of hydrogen-bond acceptors (Lipinski definition) is 5. The van der Waals surface area contributed by atoms with Crippen molar-refractivity contribution in [3.63, 3.8) is 0 Å². The van der Waals surface area contributed by atoms with Gasteiger partial charge in [0, 0.05) is 19.4 Å². The largest absolute Gasteiger partial charge is 0.479 e. The van der Waals surface area contributed by atoms with Gasteiger partial charge in [0.2, 0.25) is 0 Å². The van der Waals surface area contributed by atoms with Crippen LogP contribution in [0.15, 0.2) is 59.6 Å². The van der Waals surface area contributed by atoms with Crippen molar-refractivity contribution in [2.75, 3.05) is 20.5 Å². The molecule has 0 bridgehead atoms. The quantitative estimate of drug-likeness (QED) is 0.363. The van der Waals surface area contributed by atoms with Crippen molar-refractivity contribution in [2.45, 2.75) is 13.8 Å². The molecule has 1 N–H and O–H groups in total. The van der Waals surface area contributed by atoms with E-state index in [4.69, 9.17) is 19.3 Å². The Morgan fingerprint density at radius 3 is 2.47 bits per heavy atom. The van der Waals surface area contributed by atoms with Crippen LogP contribution in [0.4, 0.5) is 10.1 Å². The van der Waals surface area contributed by atoms with Crippen molar-refractivity contribution >= 4 is 17.9 Å². The summed E-state index contributed by atoms with van der Waals surface area (Å²) in [5.74, 6) is -1.22. The number of carbonyl (C=O) groups is 1. The molecule has 0 heterocycles. The van der Waals surface area contributed by atoms with Crippen molar-refractivity contribution in [3.8, 4) is 22.6 Å². The third-order valence-corrected chi connectivity index (χ3v) is 4.65. The van der Waals surface area contributed by atoms with Gasteiger partial charge in [-0.15, -0.1) is 0 Å². The van der Waals surface area contributed by atoms with Crippen LogP contribution in [-0.4, -0.2) is 37.8 Å². The van der Waals surface area contributed by atoms with Gasteiger partial charge in [0.25, 0.3) is 0 Å². The molecule has 6 nitrogen and oxygen atoms in total. The molecule has 0 aliphatic carbocycles. The summed E-state index contributed by atoms with van der Waals surface area (Å²) in [5.41, 5.74) is 5.53. The number of carboxylic acids is 1. The summed E-state index contributed by atoms with van der Waals surface area (Å²) >= 11 is 0. The molecule has 0 aromatic heterocycles. The van der Waals surface area contributed by atoms with Crippen LogP contribution in [0.2, 0.25) is 0 Å². The maximum atomic E-state index is 14.1. The van der Waals surface area contributed by atoms with E-state index in [0.717, 1.165) is 33.6 Å². The fraction of sp³-hybridized carbons (Fsp3) is 0.200. The Hall–Kier alpha value is -3.71. The van der Waals surface area contributed by atoms with E-state index in [0.29, 0.717) is 5.69 Å². The Labute approximate surface area is 185 Å². The van der Waals surface area contributed by atoms with Crippen LogP contribution >= 0.6 is 0 Å². The number of carboxylic acid groups (broad SMARTS) is 1. The monoisotopic (exact) mass is 437 g/mol. The molecule has 0 fully saturated rings. The molecule has 32 heavy (non-hydrogen) atoms. The average Bonchev–Trinajstić information content (AvgIpc) is 2.75. The number of benzene rings is 3. The van der Waals surface area contributed by atoms with Gasteiger partial charge in [-0.05, 0) is 72.0 Å². The Balaban J connectivity index is 1.80. The average molecular weight is 437 g/mol. The molecule has 3 aromatic rings. The fourth-order valence-electron chi connectivity index (χ4n) is 3.34. The first-order valence-electron chi connectivity index (χ1n) is 9.89. The number of nitrogens with zero attached hydrogens (tertiary/aromatic N) is 1. The lowest BCUT2D eigenvalue weighted by molar-refractivity contribution is -0.139. The van der Waals surface area contributed by atoms with Crippen LogP contribution in [0.1, 0.15) is 16.7 Å². The molecule has 0 saturated carbocycles. The van der Waals surface area contributed by atoms with E-state index in [1.165, 1.54) is 12.1 Å². The first kappa shape index (κ1) is 23.0. The van der Waals surface area contributed by atoms with E-state index in [2.05, 4.69) is 4.99 Å². The van der Waals surface area contributed by atoms with Gasteiger partial charge in [-0.2, -0.15) is 0 Å². The van der Waals surface area contributed by atoms with Gasteiger partial charge in [0.05, 0.1) is 5.69 Å². The second kappa shape index (κ2) is 10.5. The molecule has 0 unspecified atom stereocenters. The number of ether oxygens (including phenoxy) is 3. The molecule has 0 radical (unpaired) electrons. The summed E-state index contributed by atoms with van der Waals surface area (Å²) in [6, 6.07) is 16.0. The second-order valence-corrected chi connectivity index (χ2v) is 7.16. The van der Waals surface area contributed by atoms with Gasteiger partial charge in [0.1, 0.15) is 5.75 Å². The van der Waals surface area contributed by atoms with Crippen LogP contribution < -0.4 is 9.47 Å². The van der Waals surface area contributed by atoms with Crippen molar-refractivity contribution in [2.24, 2.45) is 4.99 Å². The van der Waals surface area contributed by atoms with Crippen molar-refractivity contribution in [1.82, 2.24) is 0 Å². The van der Waals surface area contributed by atoms with Crippen molar-refractivity contribution in [1.29, 1.82) is 0 Å². The van der Waals surface area contributed by atoms with E-state index in [1.54, 1.807) is 19.4 Å². The predicted molar refractivity (Wildman–Crippen MR) is 121 cm³/mol. The first-order valence-corrected chi connectivity index (χ1v) is 9.89. The lowest BCUT2D eigenvalue weighted by Gasteiger charge is -2.14. The van der Waals surface area contributed by atoms with E-state index in [9.17, 15) is 9.18 Å². The Kier molecular flexibility index (Phi) is 7.57. The standard InChI is InChI=1S/C25H24FNO5/c1-16-9-21(32-15-30-3)10-17(2)25(16)19-6-4-5-18(11-19)13-27-20-7-8-23(22(26)12-20)31-14-24(28)29/h4-13H,14-15H2,1-3H3,(H,28,29). The summed E-state index contributed by atoms with van der Waals surface area (Å²) in [7, 11) is 1.58. The molecule has 0 atom stereocenters. The van der Waals surface area contributed by atoms with Gasteiger partial charge in [-0.25, -0.2) is 9.18 Å². The van der Waals surface area contributed by atoms with Crippen molar-refractivity contribution in [3.05, 3.63) is 77.1 Å². The molecule has 0 aliphatic rings. The molecule has 0 saturated heterocycles. The zero-order valence-corrected chi connectivity index (χ0v) is 18.1. The third kappa shape index (κ3) is 5.92. The molecule has 0 spiro atoms. The van der Waals surface area contributed by atoms with Crippen molar-refractivity contribution < 1.29 is 28.5 Å². The molecule has 0 aliphatic heterocycles. The van der Waals surface area contributed by atoms with Gasteiger partial charge in [-0.1, -0.05) is 18.2 Å². The molecule has 0 amide bonds. The van der Waals surface area contributed by atoms with Gasteiger partial charge >= 0.3 is 5.97 Å². The molecule has 166 valence electrons. The minimum atomic E-state index is -1.17. The number of aliphatic imine (C=N–C) groups is 1. The maximum absolute atomic E-state index is 14.1. The summed E-state index contributed by atoms with van der Waals surface area (Å²) in [6.07, 6.45) is 1.65. The zero-order valence-electron chi connectivity index (χ0n) is 18.1. The first-order chi connectivity index (χ1) is 15.4. The highest BCUT2D eigenvalue weighted by atomic mass is 19.1. The highest BCUT2D eigenvalue weighted by Crippen LogP contribution is 2.31. The third-order valence-electron chi connectivity index (χ3n) is 4.65. The van der Waals surface area contributed by atoms with Crippen LogP contribution in [0, 0.1) is 19.7 Å². The smallest absolute Gasteiger partial charge is 0.341 e. The predicted octanol–water partition coefficient (Wildman–Crippen LogP) is 5.31. The Morgan fingerprint density at radius 2 is 1.81 bits per heavy atom. The highest BCUT2D eigenvalue weighted by molar-refractivity contribution is 5.85. The summed E-state index contributed by atoms with van der Waals surface area (Å²) in [5, 5.41) is 8.64. The topological polar surface area (TPSA) is 77.3 Å². The molecule has 3 aromatic carbocycles. The SMILES string of the molecule is COCOc1cc(C)c(-c2cccc(C=Nc3ccc(OCC(=O)O)c(F)c3)c2)c(C)c1. The van der Waals surface area contributed by atoms with Crippen LogP contribution in [0.3, 0.4) is 0 Å². The second-order valence-electron chi connectivity index (χ2n) is 7.16. The minimum absolute atomic E-state index is 0.128. The van der Waals surface area contributed by atoms with E-state index < -0.39 is 18.4 Å². The van der Waals surface area contributed by atoms with Gasteiger partial charge in [0.15, 0.2) is 25.0 Å². The zero-order chi connectivity index (χ0) is 23.1. The number of hydrogen-bond donors (Lipinski definition) is 1. The van der Waals surface area contributed by atoms with Crippen LogP contribution in [0.25, 0.3) is 11.1 Å². The fourth-order valence-corrected chi connectivity index (χ4v) is 3.34. The lowest BCUT2D eigenvalue weighted by Crippen LogP contribution is -2.10. The molecular formula is C25H24FNO5. The normalized spacial score (nSPS) is 11.0. The summed E-state index contributed by atoms with van der Waals surface area (Å²) in [6.45, 7) is 3.64. The van der Waals surface area contributed by atoms with E-state index in [1.807, 2.05) is 50.2 Å². The number of aryl methyl sites for hydroxylation is 2. The highest BCUT2D eigenvalue weighted by Gasteiger charge is 2.10. The molecule has 7 heteroatoms. The minimum Gasteiger partial charge on any atom is -0.479 e. The Morgan fingerprint density at radius 1 is 1.06 bits per heavy atom. The summed E-state index contributed by atoms with van der Waals surface area (Å²) < 4.78 is 29.5. The van der Waals surface area contributed by atoms with Crippen LogP contribution in [0.5, 0.6) is 11.5 Å². The number of aliphatic carboxylic acids is 1. The van der Waals surface area contributed by atoms with Gasteiger partial charge in [-0.3, -0.25) is 4.99 Å². The Bertz CT molecular complexity index is 1120. The number of halogens is 1. The summed E-state index contributed by atoms with van der Waals surface area (Å²) in [4.78, 5) is 14.9. The van der Waals surface area contributed by atoms with Gasteiger partial charge < -0.3 is 19.3 Å². The molecular weight excluding hydrogens is 413 g/mol. The van der Waals surface area contributed by atoms with Crippen LogP contribution in [-0.2, 0) is 9.53 Å².